The molecule has 15 heavy (non-hydrogen) atoms. The van der Waals surface area contributed by atoms with Crippen molar-refractivity contribution in [2.75, 3.05) is 13.3 Å². The van der Waals surface area contributed by atoms with Crippen molar-refractivity contribution in [3.8, 4) is 0 Å². The number of carbonyl (C=O) groups excluding carboxylic acids is 1. The summed E-state index contributed by atoms with van der Waals surface area (Å²) >= 11 is 5.06. The molecule has 84 valence electrons. The van der Waals surface area contributed by atoms with Crippen molar-refractivity contribution in [1.82, 2.24) is 4.90 Å². The third-order valence-electron chi connectivity index (χ3n) is 2.18. The second kappa shape index (κ2) is 5.18. The van der Waals surface area contributed by atoms with E-state index in [9.17, 15) is 9.59 Å². The second-order valence-electron chi connectivity index (χ2n) is 3.42. The number of hydrogen-bond acceptors (Lipinski definition) is 4. The maximum atomic E-state index is 10.8. The Labute approximate surface area is 93.0 Å². The molecule has 1 rings (SSSR count). The number of carboxylic acid groups (broad SMARTS) is 1. The Morgan fingerprint density at radius 1 is 1.53 bits per heavy atom. The first-order chi connectivity index (χ1) is 7.02. The van der Waals surface area contributed by atoms with Crippen LogP contribution in [0.2, 0.25) is 0 Å². The second-order valence-corrected chi connectivity index (χ2v) is 3.89. The van der Waals surface area contributed by atoms with Gasteiger partial charge < -0.3 is 19.5 Å². The first-order valence-electron chi connectivity index (χ1n) is 4.62. The van der Waals surface area contributed by atoms with Gasteiger partial charge in [0.1, 0.15) is 12.5 Å². The lowest BCUT2D eigenvalue weighted by atomic mass is 10.2. The highest BCUT2D eigenvalue weighted by atomic mass is 32.1. The predicted molar refractivity (Wildman–Crippen MR) is 56.6 cm³/mol. The summed E-state index contributed by atoms with van der Waals surface area (Å²) in [6.45, 7) is 1.83. The standard InChI is InChI=1S/C9H13NO4S/c1-6(11)2-3-8(15)10-5-14-4-7(10)9(12)13/h7H,2-5H2,1H3,(H,12,13)/t7-/m0/s1. The van der Waals surface area contributed by atoms with Crippen LogP contribution in [0.15, 0.2) is 0 Å². The number of ether oxygens (including phenoxy) is 1. The van der Waals surface area contributed by atoms with E-state index in [4.69, 9.17) is 22.1 Å². The summed E-state index contributed by atoms with van der Waals surface area (Å²) in [5, 5.41) is 8.86. The molecule has 0 unspecified atom stereocenters. The van der Waals surface area contributed by atoms with Gasteiger partial charge >= 0.3 is 5.97 Å². The average molecular weight is 231 g/mol. The van der Waals surface area contributed by atoms with Gasteiger partial charge in [0, 0.05) is 12.8 Å². The Bertz CT molecular complexity index is 292. The summed E-state index contributed by atoms with van der Waals surface area (Å²) in [7, 11) is 0. The topological polar surface area (TPSA) is 66.8 Å². The largest absolute Gasteiger partial charge is 0.480 e. The molecule has 1 atom stereocenters. The van der Waals surface area contributed by atoms with Crippen molar-refractivity contribution in [2.45, 2.75) is 25.8 Å². The van der Waals surface area contributed by atoms with Gasteiger partial charge in [0.25, 0.3) is 0 Å². The molecule has 1 aliphatic heterocycles. The zero-order valence-electron chi connectivity index (χ0n) is 8.43. The molecule has 0 aliphatic carbocycles. The van der Waals surface area contributed by atoms with E-state index < -0.39 is 12.0 Å². The number of carboxylic acids is 1. The zero-order valence-corrected chi connectivity index (χ0v) is 9.25. The van der Waals surface area contributed by atoms with Gasteiger partial charge in [0.05, 0.1) is 11.6 Å². The van der Waals surface area contributed by atoms with E-state index in [-0.39, 0.29) is 19.1 Å². The van der Waals surface area contributed by atoms with Crippen molar-refractivity contribution in [2.24, 2.45) is 0 Å². The van der Waals surface area contributed by atoms with Gasteiger partial charge in [-0.1, -0.05) is 12.2 Å². The first-order valence-corrected chi connectivity index (χ1v) is 5.02. The van der Waals surface area contributed by atoms with E-state index in [2.05, 4.69) is 0 Å². The van der Waals surface area contributed by atoms with Crippen LogP contribution in [-0.2, 0) is 14.3 Å². The molecule has 5 nitrogen and oxygen atoms in total. The van der Waals surface area contributed by atoms with Crippen molar-refractivity contribution in [3.63, 3.8) is 0 Å². The van der Waals surface area contributed by atoms with Crippen LogP contribution in [0.25, 0.3) is 0 Å². The van der Waals surface area contributed by atoms with E-state index >= 15 is 0 Å². The molecule has 0 amide bonds. The molecule has 1 aliphatic rings. The highest BCUT2D eigenvalue weighted by Crippen LogP contribution is 2.13. The minimum Gasteiger partial charge on any atom is -0.480 e. The van der Waals surface area contributed by atoms with Gasteiger partial charge in [0.2, 0.25) is 0 Å². The van der Waals surface area contributed by atoms with Gasteiger partial charge in [0.15, 0.2) is 6.04 Å². The highest BCUT2D eigenvalue weighted by Gasteiger charge is 2.32. The SMILES string of the molecule is CC(=O)CCC(=S)N1COC[C@H]1C(=O)O. The number of nitrogens with zero attached hydrogens (tertiary/aromatic N) is 1. The highest BCUT2D eigenvalue weighted by molar-refractivity contribution is 7.80. The van der Waals surface area contributed by atoms with Gasteiger partial charge in [-0.05, 0) is 6.92 Å². The lowest BCUT2D eigenvalue weighted by molar-refractivity contribution is -0.140. The van der Waals surface area contributed by atoms with Crippen molar-refractivity contribution >= 4 is 29.0 Å². The minimum atomic E-state index is -0.947. The Morgan fingerprint density at radius 3 is 2.73 bits per heavy atom. The van der Waals surface area contributed by atoms with Crippen LogP contribution >= 0.6 is 12.2 Å². The molecule has 0 spiro atoms. The van der Waals surface area contributed by atoms with Crippen LogP contribution in [0.4, 0.5) is 0 Å². The van der Waals surface area contributed by atoms with E-state index in [1.165, 1.54) is 11.8 Å². The van der Waals surface area contributed by atoms with E-state index in [0.29, 0.717) is 17.8 Å². The summed E-state index contributed by atoms with van der Waals surface area (Å²) in [6, 6.07) is -0.704. The maximum Gasteiger partial charge on any atom is 0.328 e. The molecule has 0 bridgehead atoms. The van der Waals surface area contributed by atoms with Crippen molar-refractivity contribution < 1.29 is 19.4 Å². The number of aliphatic carboxylic acids is 1. The fourth-order valence-corrected chi connectivity index (χ4v) is 1.60. The molecule has 0 radical (unpaired) electrons. The first kappa shape index (κ1) is 12.1. The molecule has 1 saturated heterocycles. The lowest BCUT2D eigenvalue weighted by Crippen LogP contribution is -2.41. The van der Waals surface area contributed by atoms with Crippen LogP contribution in [0.5, 0.6) is 0 Å². The predicted octanol–water partition coefficient (Wildman–Crippen LogP) is 0.426. The minimum absolute atomic E-state index is 0.0457. The fourth-order valence-electron chi connectivity index (χ4n) is 1.32. The van der Waals surface area contributed by atoms with Crippen LogP contribution in [-0.4, -0.2) is 46.1 Å². The number of hydrogen-bond donors (Lipinski definition) is 1. The quantitative estimate of drug-likeness (QED) is 0.708. The lowest BCUT2D eigenvalue weighted by Gasteiger charge is -2.21. The molecular formula is C9H13NO4S. The maximum absolute atomic E-state index is 10.8. The van der Waals surface area contributed by atoms with Gasteiger partial charge in [-0.2, -0.15) is 0 Å². The van der Waals surface area contributed by atoms with Crippen LogP contribution in [0.3, 0.4) is 0 Å². The van der Waals surface area contributed by atoms with E-state index in [0.717, 1.165) is 0 Å². The van der Waals surface area contributed by atoms with Crippen molar-refractivity contribution in [3.05, 3.63) is 0 Å². The number of rotatable bonds is 4. The summed E-state index contributed by atoms with van der Waals surface area (Å²) in [6.07, 6.45) is 0.763. The summed E-state index contributed by atoms with van der Waals surface area (Å²) in [4.78, 5) is 23.6. The van der Waals surface area contributed by atoms with Crippen molar-refractivity contribution in [1.29, 1.82) is 0 Å². The third-order valence-corrected chi connectivity index (χ3v) is 2.62. The average Bonchev–Trinajstić information content (AvgIpc) is 2.62. The van der Waals surface area contributed by atoms with E-state index in [1.807, 2.05) is 0 Å². The molecule has 1 N–H and O–H groups in total. The monoisotopic (exact) mass is 231 g/mol. The number of Topliss-reactive ketones (excluding diaryl/α,β-unsaturated/α-hetero) is 1. The van der Waals surface area contributed by atoms with Gasteiger partial charge in [-0.25, -0.2) is 4.79 Å². The summed E-state index contributed by atoms with van der Waals surface area (Å²) in [5.74, 6) is -0.901. The molecule has 1 fully saturated rings. The number of thiocarbonyl (C=S) groups is 1. The molecule has 0 aromatic heterocycles. The third kappa shape index (κ3) is 3.24. The Balaban J connectivity index is 2.51. The van der Waals surface area contributed by atoms with E-state index in [1.54, 1.807) is 0 Å². The summed E-state index contributed by atoms with van der Waals surface area (Å²) < 4.78 is 5.03. The molecular weight excluding hydrogens is 218 g/mol. The van der Waals surface area contributed by atoms with Gasteiger partial charge in [-0.15, -0.1) is 0 Å². The number of carbonyl (C=O) groups is 2. The molecule has 1 heterocycles. The van der Waals surface area contributed by atoms with Gasteiger partial charge in [-0.3, -0.25) is 0 Å². The molecule has 0 aromatic rings. The fraction of sp³-hybridized carbons (Fsp3) is 0.667. The summed E-state index contributed by atoms with van der Waals surface area (Å²) in [5.41, 5.74) is 0. The van der Waals surface area contributed by atoms with Crippen LogP contribution in [0, 0.1) is 0 Å². The molecule has 0 saturated carbocycles. The molecule has 6 heteroatoms. The smallest absolute Gasteiger partial charge is 0.328 e. The number of ketones is 1. The Hall–Kier alpha value is -1.01. The van der Waals surface area contributed by atoms with Crippen LogP contribution < -0.4 is 0 Å². The Kier molecular flexibility index (Phi) is 4.16. The zero-order chi connectivity index (χ0) is 11.4. The van der Waals surface area contributed by atoms with Crippen LogP contribution in [0.1, 0.15) is 19.8 Å². The normalized spacial score (nSPS) is 20.3. The molecule has 0 aromatic carbocycles. The Morgan fingerprint density at radius 2 is 2.20 bits per heavy atom.